The molecule has 3 aromatic carbocycles. The first-order valence-corrected chi connectivity index (χ1v) is 8.26. The molecule has 0 radical (unpaired) electrons. The summed E-state index contributed by atoms with van der Waals surface area (Å²) >= 11 is 0. The van der Waals surface area contributed by atoms with Gasteiger partial charge in [0, 0.05) is 0 Å². The first kappa shape index (κ1) is 16.8. The Bertz CT molecular complexity index is 813. The minimum Gasteiger partial charge on any atom is -0.489 e. The van der Waals surface area contributed by atoms with Gasteiger partial charge in [-0.25, -0.2) is 0 Å². The molecular formula is C22H20O3. The maximum atomic E-state index is 11.8. The van der Waals surface area contributed by atoms with Crippen molar-refractivity contribution in [2.75, 3.05) is 0 Å². The normalized spacial score (nSPS) is 11.7. The van der Waals surface area contributed by atoms with E-state index >= 15 is 0 Å². The predicted molar refractivity (Wildman–Crippen MR) is 97.7 cm³/mol. The molecule has 0 saturated carbocycles. The summed E-state index contributed by atoms with van der Waals surface area (Å²) in [5.41, 5.74) is 2.83. The van der Waals surface area contributed by atoms with Crippen LogP contribution in [0, 0.1) is 0 Å². The fourth-order valence-corrected chi connectivity index (χ4v) is 2.76. The highest BCUT2D eigenvalue weighted by Crippen LogP contribution is 2.25. The third kappa shape index (κ3) is 4.70. The Morgan fingerprint density at radius 1 is 0.840 bits per heavy atom. The van der Waals surface area contributed by atoms with E-state index in [9.17, 15) is 9.90 Å². The molecule has 0 spiro atoms. The van der Waals surface area contributed by atoms with Gasteiger partial charge in [0.25, 0.3) is 0 Å². The second kappa shape index (κ2) is 8.15. The van der Waals surface area contributed by atoms with Gasteiger partial charge >= 0.3 is 5.97 Å². The zero-order valence-corrected chi connectivity index (χ0v) is 13.8. The minimum atomic E-state index is -0.830. The van der Waals surface area contributed by atoms with Gasteiger partial charge in [-0.3, -0.25) is 4.79 Å². The summed E-state index contributed by atoms with van der Waals surface area (Å²) in [4.78, 5) is 11.8. The summed E-state index contributed by atoms with van der Waals surface area (Å²) in [5, 5.41) is 9.65. The molecular weight excluding hydrogens is 312 g/mol. The van der Waals surface area contributed by atoms with Crippen LogP contribution in [0.25, 0.3) is 0 Å². The molecule has 0 aliphatic heterocycles. The van der Waals surface area contributed by atoms with Crippen LogP contribution in [-0.4, -0.2) is 11.1 Å². The van der Waals surface area contributed by atoms with Gasteiger partial charge < -0.3 is 9.84 Å². The molecule has 0 bridgehead atoms. The van der Waals surface area contributed by atoms with Crippen LogP contribution in [0.15, 0.2) is 84.9 Å². The maximum absolute atomic E-state index is 11.8. The fourth-order valence-electron chi connectivity index (χ4n) is 2.76. The van der Waals surface area contributed by atoms with E-state index in [-0.39, 0.29) is 0 Å². The molecule has 1 atom stereocenters. The Morgan fingerprint density at radius 2 is 1.48 bits per heavy atom. The van der Waals surface area contributed by atoms with E-state index in [4.69, 9.17) is 4.74 Å². The smallest absolute Gasteiger partial charge is 0.311 e. The van der Waals surface area contributed by atoms with E-state index in [1.54, 1.807) is 0 Å². The number of carboxylic acids is 1. The number of hydrogen-bond acceptors (Lipinski definition) is 2. The lowest BCUT2D eigenvalue weighted by atomic mass is 9.92. The molecule has 0 aliphatic rings. The minimum absolute atomic E-state index is 0.457. The summed E-state index contributed by atoms with van der Waals surface area (Å²) in [6.07, 6.45) is 0.457. The first-order chi connectivity index (χ1) is 12.2. The lowest BCUT2D eigenvalue weighted by Gasteiger charge is -2.14. The summed E-state index contributed by atoms with van der Waals surface area (Å²) < 4.78 is 5.82. The average molecular weight is 332 g/mol. The molecule has 0 aliphatic carbocycles. The van der Waals surface area contributed by atoms with Crippen LogP contribution in [0.4, 0.5) is 0 Å². The van der Waals surface area contributed by atoms with Crippen LogP contribution in [0.1, 0.15) is 22.6 Å². The fraction of sp³-hybridized carbons (Fsp3) is 0.136. The monoisotopic (exact) mass is 332 g/mol. The van der Waals surface area contributed by atoms with Crippen molar-refractivity contribution in [1.29, 1.82) is 0 Å². The largest absolute Gasteiger partial charge is 0.489 e. The van der Waals surface area contributed by atoms with Crippen LogP contribution in [0.2, 0.25) is 0 Å². The average Bonchev–Trinajstić information content (AvgIpc) is 2.66. The maximum Gasteiger partial charge on any atom is 0.311 e. The number of carbonyl (C=O) groups is 1. The number of aliphatic carboxylic acids is 1. The van der Waals surface area contributed by atoms with Gasteiger partial charge in [-0.05, 0) is 35.2 Å². The topological polar surface area (TPSA) is 46.5 Å². The molecule has 0 heterocycles. The van der Waals surface area contributed by atoms with Gasteiger partial charge in [-0.15, -0.1) is 0 Å². The highest BCUT2D eigenvalue weighted by molar-refractivity contribution is 5.76. The molecule has 1 N–H and O–H groups in total. The molecule has 0 aromatic heterocycles. The van der Waals surface area contributed by atoms with E-state index in [0.29, 0.717) is 18.8 Å². The third-order valence-electron chi connectivity index (χ3n) is 4.09. The summed E-state index contributed by atoms with van der Waals surface area (Å²) in [7, 11) is 0. The lowest BCUT2D eigenvalue weighted by Crippen LogP contribution is -2.14. The van der Waals surface area contributed by atoms with Crippen molar-refractivity contribution in [3.63, 3.8) is 0 Å². The van der Waals surface area contributed by atoms with Gasteiger partial charge in [0.1, 0.15) is 12.4 Å². The number of rotatable bonds is 7. The molecule has 0 amide bonds. The van der Waals surface area contributed by atoms with Crippen molar-refractivity contribution in [3.05, 3.63) is 102 Å². The number of benzene rings is 3. The zero-order chi connectivity index (χ0) is 17.5. The molecule has 25 heavy (non-hydrogen) atoms. The van der Waals surface area contributed by atoms with Crippen LogP contribution in [0.5, 0.6) is 5.75 Å². The molecule has 3 rings (SSSR count). The Hall–Kier alpha value is -3.07. The lowest BCUT2D eigenvalue weighted by molar-refractivity contribution is -0.138. The van der Waals surface area contributed by atoms with E-state index in [1.165, 1.54) is 0 Å². The highest BCUT2D eigenvalue weighted by Gasteiger charge is 2.20. The van der Waals surface area contributed by atoms with Gasteiger partial charge in [-0.1, -0.05) is 72.8 Å². The summed E-state index contributed by atoms with van der Waals surface area (Å²) in [5.74, 6) is -0.743. The molecule has 0 saturated heterocycles. The Labute approximate surface area is 147 Å². The molecule has 0 fully saturated rings. The van der Waals surface area contributed by atoms with Crippen LogP contribution < -0.4 is 4.74 Å². The van der Waals surface area contributed by atoms with Gasteiger partial charge in [0.05, 0.1) is 5.92 Å². The summed E-state index contributed by atoms with van der Waals surface area (Å²) in [6.45, 7) is 0.459. The van der Waals surface area contributed by atoms with Crippen molar-refractivity contribution in [2.45, 2.75) is 18.9 Å². The SMILES string of the molecule is O=C(O)C(Cc1ccccc1)c1cccc(OCc2ccccc2)c1. The van der Waals surface area contributed by atoms with E-state index in [1.807, 2.05) is 84.9 Å². The zero-order valence-electron chi connectivity index (χ0n) is 13.8. The number of hydrogen-bond donors (Lipinski definition) is 1. The van der Waals surface area contributed by atoms with Crippen molar-refractivity contribution in [3.8, 4) is 5.75 Å². The van der Waals surface area contributed by atoms with Gasteiger partial charge in [0.15, 0.2) is 0 Å². The Kier molecular flexibility index (Phi) is 5.47. The van der Waals surface area contributed by atoms with Gasteiger partial charge in [-0.2, -0.15) is 0 Å². The van der Waals surface area contributed by atoms with Gasteiger partial charge in [0.2, 0.25) is 0 Å². The van der Waals surface area contributed by atoms with Crippen molar-refractivity contribution in [1.82, 2.24) is 0 Å². The van der Waals surface area contributed by atoms with E-state index < -0.39 is 11.9 Å². The number of carboxylic acid groups (broad SMARTS) is 1. The second-order valence-corrected chi connectivity index (χ2v) is 5.93. The quantitative estimate of drug-likeness (QED) is 0.683. The van der Waals surface area contributed by atoms with E-state index in [0.717, 1.165) is 16.7 Å². The molecule has 3 heteroatoms. The summed E-state index contributed by atoms with van der Waals surface area (Å²) in [6, 6.07) is 26.9. The van der Waals surface area contributed by atoms with Crippen molar-refractivity contribution in [2.24, 2.45) is 0 Å². The molecule has 3 aromatic rings. The Balaban J connectivity index is 1.74. The van der Waals surface area contributed by atoms with E-state index in [2.05, 4.69) is 0 Å². The molecule has 126 valence electrons. The van der Waals surface area contributed by atoms with Crippen LogP contribution in [0.3, 0.4) is 0 Å². The second-order valence-electron chi connectivity index (χ2n) is 5.93. The number of ether oxygens (including phenoxy) is 1. The predicted octanol–water partition coefficient (Wildman–Crippen LogP) is 4.68. The highest BCUT2D eigenvalue weighted by atomic mass is 16.5. The first-order valence-electron chi connectivity index (χ1n) is 8.26. The molecule has 1 unspecified atom stereocenters. The Morgan fingerprint density at radius 3 is 2.12 bits per heavy atom. The molecule has 3 nitrogen and oxygen atoms in total. The van der Waals surface area contributed by atoms with Crippen LogP contribution >= 0.6 is 0 Å². The standard InChI is InChI=1S/C22H20O3/c23-22(24)21(14-17-8-3-1-4-9-17)19-12-7-13-20(15-19)25-16-18-10-5-2-6-11-18/h1-13,15,21H,14,16H2,(H,23,24). The van der Waals surface area contributed by atoms with Crippen molar-refractivity contribution >= 4 is 5.97 Å². The van der Waals surface area contributed by atoms with Crippen LogP contribution in [-0.2, 0) is 17.8 Å². The van der Waals surface area contributed by atoms with Crippen molar-refractivity contribution < 1.29 is 14.6 Å². The third-order valence-corrected chi connectivity index (χ3v) is 4.09.